The molecule has 0 aromatic rings. The predicted molar refractivity (Wildman–Crippen MR) is 107 cm³/mol. The van der Waals surface area contributed by atoms with Gasteiger partial charge >= 0.3 is 0 Å². The Bertz CT molecular complexity index is 200. The minimum Gasteiger partial charge on any atom is -0.176 e. The van der Waals surface area contributed by atoms with Gasteiger partial charge in [0.15, 0.2) is 0 Å². The molecular weight excluding hydrogens is 284 g/mol. The molecule has 0 saturated heterocycles. The van der Waals surface area contributed by atoms with Gasteiger partial charge in [-0.2, -0.15) is 12.6 Å². The highest BCUT2D eigenvalue weighted by molar-refractivity contribution is 7.80. The first kappa shape index (κ1) is 22.4. The average Bonchev–Trinajstić information content (AvgIpc) is 2.48. The zero-order valence-electron chi connectivity index (χ0n) is 15.9. The average molecular weight is 329 g/mol. The lowest BCUT2D eigenvalue weighted by atomic mass is 9.96. The number of unbranched alkanes of at least 4 members (excludes halogenated alkanes) is 11. The molecule has 0 heterocycles. The molecule has 0 N–H and O–H groups in total. The van der Waals surface area contributed by atoms with Crippen LogP contribution in [0.5, 0.6) is 0 Å². The van der Waals surface area contributed by atoms with Crippen molar-refractivity contribution in [2.75, 3.05) is 0 Å². The van der Waals surface area contributed by atoms with E-state index in [4.69, 9.17) is 0 Å². The van der Waals surface area contributed by atoms with Gasteiger partial charge in [-0.3, -0.25) is 0 Å². The molecule has 2 atom stereocenters. The summed E-state index contributed by atoms with van der Waals surface area (Å²) in [5, 5.41) is 0.588. The molecule has 0 aliphatic heterocycles. The summed E-state index contributed by atoms with van der Waals surface area (Å²) in [6.45, 7) is 6.96. The fraction of sp³-hybridized carbons (Fsp3) is 1.00. The maximum absolute atomic E-state index is 4.44. The number of hydrogen-bond donors (Lipinski definition) is 1. The van der Waals surface area contributed by atoms with Crippen molar-refractivity contribution in [2.45, 2.75) is 129 Å². The largest absolute Gasteiger partial charge is 0.176 e. The van der Waals surface area contributed by atoms with Crippen LogP contribution in [0, 0.1) is 5.92 Å². The number of rotatable bonds is 17. The molecule has 0 spiro atoms. The van der Waals surface area contributed by atoms with Gasteiger partial charge in [-0.05, 0) is 17.6 Å². The van der Waals surface area contributed by atoms with E-state index in [1.807, 2.05) is 0 Å². The number of thiol groups is 1. The Morgan fingerprint density at radius 3 is 1.32 bits per heavy atom. The van der Waals surface area contributed by atoms with E-state index in [0.29, 0.717) is 5.25 Å². The molecule has 0 fully saturated rings. The zero-order chi connectivity index (χ0) is 16.5. The van der Waals surface area contributed by atoms with Crippen LogP contribution in [0.3, 0.4) is 0 Å². The van der Waals surface area contributed by atoms with E-state index < -0.39 is 0 Å². The molecule has 0 aromatic heterocycles. The first-order chi connectivity index (χ1) is 10.7. The third-order valence-corrected chi connectivity index (χ3v) is 5.13. The fourth-order valence-electron chi connectivity index (χ4n) is 3.23. The van der Waals surface area contributed by atoms with Crippen LogP contribution in [0.15, 0.2) is 0 Å². The first-order valence-electron chi connectivity index (χ1n) is 10.3. The summed E-state index contributed by atoms with van der Waals surface area (Å²) < 4.78 is 0. The zero-order valence-corrected chi connectivity index (χ0v) is 16.8. The molecule has 2 unspecified atom stereocenters. The minimum absolute atomic E-state index is 0.588. The highest BCUT2D eigenvalue weighted by atomic mass is 32.1. The highest BCUT2D eigenvalue weighted by Crippen LogP contribution is 2.19. The second-order valence-electron chi connectivity index (χ2n) is 7.56. The smallest absolute Gasteiger partial charge is 0.00116 e. The van der Waals surface area contributed by atoms with Crippen LogP contribution in [0.25, 0.3) is 0 Å². The van der Waals surface area contributed by atoms with E-state index in [1.54, 1.807) is 0 Å². The maximum atomic E-state index is 4.44. The van der Waals surface area contributed by atoms with Crippen LogP contribution in [-0.2, 0) is 0 Å². The summed E-state index contributed by atoms with van der Waals surface area (Å²) in [4.78, 5) is 0. The summed E-state index contributed by atoms with van der Waals surface area (Å²) in [6.07, 6.45) is 22.9. The van der Waals surface area contributed by atoms with Crippen molar-refractivity contribution in [3.63, 3.8) is 0 Å². The molecule has 0 saturated carbocycles. The van der Waals surface area contributed by atoms with Gasteiger partial charge in [0.1, 0.15) is 0 Å². The van der Waals surface area contributed by atoms with Gasteiger partial charge in [0.25, 0.3) is 0 Å². The Hall–Kier alpha value is 0.350. The number of hydrogen-bond acceptors (Lipinski definition) is 1. The summed E-state index contributed by atoms with van der Waals surface area (Å²) in [7, 11) is 0. The summed E-state index contributed by atoms with van der Waals surface area (Å²) in [5.74, 6) is 0.952. The molecule has 0 bridgehead atoms. The molecule has 0 rings (SSSR count). The van der Waals surface area contributed by atoms with Crippen molar-refractivity contribution < 1.29 is 0 Å². The van der Waals surface area contributed by atoms with Crippen molar-refractivity contribution in [3.05, 3.63) is 0 Å². The van der Waals surface area contributed by atoms with Crippen molar-refractivity contribution in [1.82, 2.24) is 0 Å². The monoisotopic (exact) mass is 328 g/mol. The van der Waals surface area contributed by atoms with Crippen molar-refractivity contribution in [3.8, 4) is 0 Å². The molecule has 134 valence electrons. The van der Waals surface area contributed by atoms with Crippen molar-refractivity contribution in [2.24, 2.45) is 5.92 Å². The van der Waals surface area contributed by atoms with Gasteiger partial charge in [-0.15, -0.1) is 0 Å². The molecule has 0 aliphatic rings. The minimum atomic E-state index is 0.588. The highest BCUT2D eigenvalue weighted by Gasteiger charge is 2.02. The Morgan fingerprint density at radius 1 is 0.545 bits per heavy atom. The maximum Gasteiger partial charge on any atom is -0.00116 e. The third-order valence-electron chi connectivity index (χ3n) is 4.87. The molecule has 0 aromatic carbocycles. The molecule has 0 radical (unpaired) electrons. The van der Waals surface area contributed by atoms with Gasteiger partial charge < -0.3 is 0 Å². The van der Waals surface area contributed by atoms with Gasteiger partial charge in [-0.25, -0.2) is 0 Å². The third kappa shape index (κ3) is 18.4. The Labute approximate surface area is 147 Å². The molecule has 0 amide bonds. The molecule has 1 heteroatoms. The standard InChI is InChI=1S/C21H44S/c1-4-5-6-7-8-9-10-11-14-17-20(2)18-15-12-13-16-19-21(3)22/h20-22H,4-19H2,1-3H3. The Morgan fingerprint density at radius 2 is 0.909 bits per heavy atom. The summed E-state index contributed by atoms with van der Waals surface area (Å²) >= 11 is 4.44. The normalized spacial score (nSPS) is 14.2. The second-order valence-corrected chi connectivity index (χ2v) is 8.44. The van der Waals surface area contributed by atoms with Crippen molar-refractivity contribution >= 4 is 12.6 Å². The lowest BCUT2D eigenvalue weighted by Gasteiger charge is -2.11. The first-order valence-corrected chi connectivity index (χ1v) is 10.9. The van der Waals surface area contributed by atoms with Gasteiger partial charge in [0.05, 0.1) is 0 Å². The van der Waals surface area contributed by atoms with Crippen LogP contribution in [0.4, 0.5) is 0 Å². The van der Waals surface area contributed by atoms with E-state index in [1.165, 1.54) is 103 Å². The SMILES string of the molecule is CCCCCCCCCCCC(C)CCCCCCC(C)S. The van der Waals surface area contributed by atoms with Crippen LogP contribution >= 0.6 is 12.6 Å². The molecule has 22 heavy (non-hydrogen) atoms. The lowest BCUT2D eigenvalue weighted by Crippen LogP contribution is -1.96. The predicted octanol–water partition coefficient (Wildman–Crippen LogP) is 8.20. The van der Waals surface area contributed by atoms with E-state index in [2.05, 4.69) is 33.4 Å². The lowest BCUT2D eigenvalue weighted by molar-refractivity contribution is 0.431. The Balaban J connectivity index is 3.14. The van der Waals surface area contributed by atoms with Crippen molar-refractivity contribution in [1.29, 1.82) is 0 Å². The van der Waals surface area contributed by atoms with Crippen LogP contribution in [-0.4, -0.2) is 5.25 Å². The summed E-state index contributed by atoms with van der Waals surface area (Å²) in [5.41, 5.74) is 0. The van der Waals surface area contributed by atoms with Crippen LogP contribution in [0.1, 0.15) is 124 Å². The fourth-order valence-corrected chi connectivity index (χ4v) is 3.42. The van der Waals surface area contributed by atoms with Crippen LogP contribution < -0.4 is 0 Å². The molecule has 0 nitrogen and oxygen atoms in total. The van der Waals surface area contributed by atoms with E-state index in [9.17, 15) is 0 Å². The molecule has 0 aliphatic carbocycles. The van der Waals surface area contributed by atoms with E-state index in [-0.39, 0.29) is 0 Å². The van der Waals surface area contributed by atoms with E-state index >= 15 is 0 Å². The Kier molecular flexibility index (Phi) is 18.0. The van der Waals surface area contributed by atoms with Crippen LogP contribution in [0.2, 0.25) is 0 Å². The summed E-state index contributed by atoms with van der Waals surface area (Å²) in [6, 6.07) is 0. The topological polar surface area (TPSA) is 0 Å². The quantitative estimate of drug-likeness (QED) is 0.202. The second kappa shape index (κ2) is 17.7. The van der Waals surface area contributed by atoms with Gasteiger partial charge in [-0.1, -0.05) is 117 Å². The van der Waals surface area contributed by atoms with E-state index in [0.717, 1.165) is 5.92 Å². The molecular formula is C21H44S. The van der Waals surface area contributed by atoms with Gasteiger partial charge in [0.2, 0.25) is 0 Å². The van der Waals surface area contributed by atoms with Gasteiger partial charge in [0, 0.05) is 0 Å².